The molecule has 0 aliphatic heterocycles. The Kier molecular flexibility index (Phi) is 11.1. The molecule has 0 fully saturated rings. The van der Waals surface area contributed by atoms with Crippen LogP contribution in [0.4, 0.5) is 19.0 Å². The van der Waals surface area contributed by atoms with E-state index in [2.05, 4.69) is 31.2 Å². The highest BCUT2D eigenvalue weighted by molar-refractivity contribution is 14.0. The van der Waals surface area contributed by atoms with Crippen molar-refractivity contribution >= 4 is 41.7 Å². The van der Waals surface area contributed by atoms with Crippen molar-refractivity contribution in [1.82, 2.24) is 20.9 Å². The van der Waals surface area contributed by atoms with Gasteiger partial charge in [-0.1, -0.05) is 12.1 Å². The van der Waals surface area contributed by atoms with E-state index in [9.17, 15) is 18.0 Å². The van der Waals surface area contributed by atoms with Crippen LogP contribution in [-0.2, 0) is 12.6 Å². The first kappa shape index (κ1) is 26.5. The maximum atomic E-state index is 13.0. The number of benzene rings is 1. The van der Waals surface area contributed by atoms with Gasteiger partial charge in [0.05, 0.1) is 5.56 Å². The van der Waals surface area contributed by atoms with Crippen molar-refractivity contribution in [2.75, 3.05) is 39.0 Å². The van der Waals surface area contributed by atoms with Crippen molar-refractivity contribution in [3.8, 4) is 0 Å². The van der Waals surface area contributed by atoms with E-state index in [1.54, 1.807) is 20.2 Å². The highest BCUT2D eigenvalue weighted by Gasteiger charge is 2.33. The second-order valence-electron chi connectivity index (χ2n) is 6.28. The standard InChI is InChI=1S/C20H25F3N6O.HI/c1-24-18(30)15-6-3-5-14(13-15)8-10-28-19(25-2)29-12-11-27-17-16(20(21,22)23)7-4-9-26-17;/h3-7,9,13H,8,10-12H2,1-2H3,(H,24,30)(H,26,27)(H2,25,28,29);1H. The normalized spacial score (nSPS) is 11.3. The summed E-state index contributed by atoms with van der Waals surface area (Å²) >= 11 is 0. The van der Waals surface area contributed by atoms with Crippen LogP contribution in [0.3, 0.4) is 0 Å². The maximum absolute atomic E-state index is 13.0. The lowest BCUT2D eigenvalue weighted by molar-refractivity contribution is -0.137. The zero-order chi connectivity index (χ0) is 22.0. The number of hydrogen-bond donors (Lipinski definition) is 4. The van der Waals surface area contributed by atoms with Gasteiger partial charge in [0.1, 0.15) is 5.82 Å². The van der Waals surface area contributed by atoms with Crippen LogP contribution in [0.2, 0.25) is 0 Å². The molecular formula is C20H26F3IN6O. The van der Waals surface area contributed by atoms with Crippen molar-refractivity contribution in [1.29, 1.82) is 0 Å². The number of alkyl halides is 3. The largest absolute Gasteiger partial charge is 0.419 e. The van der Waals surface area contributed by atoms with Gasteiger partial charge in [-0.05, 0) is 36.2 Å². The number of rotatable bonds is 8. The maximum Gasteiger partial charge on any atom is 0.419 e. The van der Waals surface area contributed by atoms with Crippen LogP contribution >= 0.6 is 24.0 Å². The molecule has 0 spiro atoms. The molecule has 7 nitrogen and oxygen atoms in total. The molecule has 0 atom stereocenters. The number of nitrogens with one attached hydrogen (secondary N) is 4. The summed E-state index contributed by atoms with van der Waals surface area (Å²) < 4.78 is 38.9. The Morgan fingerprint density at radius 3 is 2.52 bits per heavy atom. The minimum Gasteiger partial charge on any atom is -0.368 e. The predicted molar refractivity (Wildman–Crippen MR) is 126 cm³/mol. The highest BCUT2D eigenvalue weighted by atomic mass is 127. The molecule has 2 rings (SSSR count). The molecule has 0 bridgehead atoms. The minimum absolute atomic E-state index is 0. The summed E-state index contributed by atoms with van der Waals surface area (Å²) in [4.78, 5) is 19.5. The molecule has 1 heterocycles. The molecule has 0 aliphatic rings. The van der Waals surface area contributed by atoms with E-state index in [1.165, 1.54) is 12.3 Å². The summed E-state index contributed by atoms with van der Waals surface area (Å²) in [6.07, 6.45) is -2.48. The first-order valence-electron chi connectivity index (χ1n) is 9.36. The van der Waals surface area contributed by atoms with Gasteiger partial charge in [0.15, 0.2) is 5.96 Å². The Bertz CT molecular complexity index is 876. The number of guanidine groups is 1. The molecular weight excluding hydrogens is 524 g/mol. The number of carbonyl (C=O) groups is 1. The number of anilines is 1. The number of carbonyl (C=O) groups excluding carboxylic acids is 1. The van der Waals surface area contributed by atoms with Gasteiger partial charge >= 0.3 is 6.18 Å². The van der Waals surface area contributed by atoms with Gasteiger partial charge in [0.2, 0.25) is 0 Å². The number of pyridine rings is 1. The van der Waals surface area contributed by atoms with Crippen molar-refractivity contribution < 1.29 is 18.0 Å². The smallest absolute Gasteiger partial charge is 0.368 e. The van der Waals surface area contributed by atoms with E-state index >= 15 is 0 Å². The Morgan fingerprint density at radius 2 is 1.84 bits per heavy atom. The number of amides is 1. The summed E-state index contributed by atoms with van der Waals surface area (Å²) in [7, 11) is 3.19. The second kappa shape index (κ2) is 13.0. The Hall–Kier alpha value is -2.57. The average molecular weight is 550 g/mol. The fraction of sp³-hybridized carbons (Fsp3) is 0.350. The number of aliphatic imine (C=N–C) groups is 1. The Morgan fingerprint density at radius 1 is 1.10 bits per heavy atom. The third kappa shape index (κ3) is 8.59. The molecule has 11 heteroatoms. The van der Waals surface area contributed by atoms with E-state index in [1.807, 2.05) is 18.2 Å². The topological polar surface area (TPSA) is 90.4 Å². The molecule has 1 amide bonds. The highest BCUT2D eigenvalue weighted by Crippen LogP contribution is 2.33. The van der Waals surface area contributed by atoms with E-state index in [0.717, 1.165) is 11.6 Å². The van der Waals surface area contributed by atoms with Crippen LogP contribution in [0.15, 0.2) is 47.6 Å². The minimum atomic E-state index is -4.46. The summed E-state index contributed by atoms with van der Waals surface area (Å²) in [5, 5.41) is 11.4. The van der Waals surface area contributed by atoms with Gasteiger partial charge < -0.3 is 21.3 Å². The molecule has 0 aliphatic carbocycles. The third-order valence-corrected chi connectivity index (χ3v) is 4.17. The van der Waals surface area contributed by atoms with Gasteiger partial charge in [-0.25, -0.2) is 4.98 Å². The quantitative estimate of drug-likeness (QED) is 0.176. The van der Waals surface area contributed by atoms with Crippen molar-refractivity contribution in [3.63, 3.8) is 0 Å². The SMILES string of the molecule is CN=C(NCCNc1ncccc1C(F)(F)F)NCCc1cccc(C(=O)NC)c1.I. The fourth-order valence-electron chi connectivity index (χ4n) is 2.69. The summed E-state index contributed by atoms with van der Waals surface area (Å²) in [5.74, 6) is 0.179. The van der Waals surface area contributed by atoms with Crippen LogP contribution in [0, 0.1) is 0 Å². The Balaban J connectivity index is 0.00000480. The van der Waals surface area contributed by atoms with Gasteiger partial charge in [-0.15, -0.1) is 24.0 Å². The molecule has 0 saturated heterocycles. The van der Waals surface area contributed by atoms with Crippen molar-refractivity contribution in [2.24, 2.45) is 4.99 Å². The number of hydrogen-bond acceptors (Lipinski definition) is 4. The number of aromatic nitrogens is 1. The molecule has 1 aromatic carbocycles. The van der Waals surface area contributed by atoms with Gasteiger partial charge in [0, 0.05) is 45.5 Å². The van der Waals surface area contributed by atoms with E-state index in [0.29, 0.717) is 31.0 Å². The fourth-order valence-corrected chi connectivity index (χ4v) is 2.69. The van der Waals surface area contributed by atoms with Crippen LogP contribution in [-0.4, -0.2) is 50.6 Å². The predicted octanol–water partition coefficient (Wildman–Crippen LogP) is 2.90. The summed E-state index contributed by atoms with van der Waals surface area (Å²) in [6, 6.07) is 9.57. The first-order chi connectivity index (χ1) is 14.3. The van der Waals surface area contributed by atoms with Crippen LogP contribution in [0.5, 0.6) is 0 Å². The molecule has 0 saturated carbocycles. The second-order valence-corrected chi connectivity index (χ2v) is 6.28. The molecule has 4 N–H and O–H groups in total. The summed E-state index contributed by atoms with van der Waals surface area (Å²) in [6.45, 7) is 1.15. The van der Waals surface area contributed by atoms with E-state index in [-0.39, 0.29) is 42.2 Å². The lowest BCUT2D eigenvalue weighted by Crippen LogP contribution is -2.40. The third-order valence-electron chi connectivity index (χ3n) is 4.17. The van der Waals surface area contributed by atoms with Crippen molar-refractivity contribution in [3.05, 3.63) is 59.3 Å². The lowest BCUT2D eigenvalue weighted by atomic mass is 10.1. The van der Waals surface area contributed by atoms with Crippen LogP contribution < -0.4 is 21.3 Å². The Labute approximate surface area is 196 Å². The van der Waals surface area contributed by atoms with Gasteiger partial charge in [-0.2, -0.15) is 13.2 Å². The molecule has 1 aromatic heterocycles. The van der Waals surface area contributed by atoms with E-state index < -0.39 is 11.7 Å². The molecule has 170 valence electrons. The molecule has 0 unspecified atom stereocenters. The number of halogens is 4. The lowest BCUT2D eigenvalue weighted by Gasteiger charge is -2.15. The van der Waals surface area contributed by atoms with Crippen molar-refractivity contribution in [2.45, 2.75) is 12.6 Å². The zero-order valence-electron chi connectivity index (χ0n) is 17.2. The van der Waals surface area contributed by atoms with Gasteiger partial charge in [-0.3, -0.25) is 9.79 Å². The van der Waals surface area contributed by atoms with E-state index in [4.69, 9.17) is 0 Å². The van der Waals surface area contributed by atoms with Crippen LogP contribution in [0.25, 0.3) is 0 Å². The average Bonchev–Trinajstić information content (AvgIpc) is 2.74. The molecule has 0 radical (unpaired) electrons. The zero-order valence-corrected chi connectivity index (χ0v) is 19.5. The number of nitrogens with zero attached hydrogens (tertiary/aromatic N) is 2. The molecule has 31 heavy (non-hydrogen) atoms. The monoisotopic (exact) mass is 550 g/mol. The molecule has 2 aromatic rings. The first-order valence-corrected chi connectivity index (χ1v) is 9.36. The van der Waals surface area contributed by atoms with Crippen LogP contribution in [0.1, 0.15) is 21.5 Å². The summed E-state index contributed by atoms with van der Waals surface area (Å²) in [5.41, 5.74) is 0.790. The van der Waals surface area contributed by atoms with Gasteiger partial charge in [0.25, 0.3) is 5.91 Å².